The molecule has 0 unspecified atom stereocenters. The number of nitrogens with zero attached hydrogens (tertiary/aromatic N) is 1. The van der Waals surface area contributed by atoms with Crippen molar-refractivity contribution in [1.82, 2.24) is 4.90 Å². The number of methoxy groups -OCH3 is 1. The molecule has 1 aromatic carbocycles. The molecule has 2 rings (SSSR count). The molecular weight excluding hydrogens is 292 g/mol. The zero-order valence-corrected chi connectivity index (χ0v) is 13.5. The Labute approximate surface area is 129 Å². The van der Waals surface area contributed by atoms with Gasteiger partial charge in [-0.25, -0.2) is 0 Å². The third-order valence-electron chi connectivity index (χ3n) is 2.84. The van der Waals surface area contributed by atoms with E-state index in [-0.39, 0.29) is 0 Å². The summed E-state index contributed by atoms with van der Waals surface area (Å²) >= 11 is 7.53. The van der Waals surface area contributed by atoms with E-state index in [9.17, 15) is 0 Å². The fraction of sp³-hybridized carbons (Fsp3) is 0.333. The predicted molar refractivity (Wildman–Crippen MR) is 87.0 cm³/mol. The van der Waals surface area contributed by atoms with Crippen molar-refractivity contribution in [2.75, 3.05) is 26.5 Å². The molecule has 0 aliphatic heterocycles. The Morgan fingerprint density at radius 2 is 2.05 bits per heavy atom. The first-order chi connectivity index (χ1) is 9.58. The molecule has 108 valence electrons. The smallest absolute Gasteiger partial charge is 0.141 e. The molecule has 0 aliphatic carbocycles. The van der Waals surface area contributed by atoms with Crippen LogP contribution in [0.5, 0.6) is 5.75 Å². The Kier molecular flexibility index (Phi) is 5.29. The Morgan fingerprint density at radius 1 is 1.25 bits per heavy atom. The normalized spacial score (nSPS) is 10.8. The number of halogens is 1. The molecule has 0 aliphatic rings. The topological polar surface area (TPSA) is 24.5 Å². The minimum atomic E-state index is 0.749. The SMILES string of the molecule is COc1ccc(CN(C)C)cc1NCc1ccc(Cl)s1. The minimum absolute atomic E-state index is 0.749. The number of anilines is 1. The lowest BCUT2D eigenvalue weighted by atomic mass is 10.1. The van der Waals surface area contributed by atoms with Crippen molar-refractivity contribution in [3.8, 4) is 5.75 Å². The molecule has 0 atom stereocenters. The van der Waals surface area contributed by atoms with Gasteiger partial charge in [0.05, 0.1) is 17.1 Å². The zero-order valence-electron chi connectivity index (χ0n) is 11.9. The highest BCUT2D eigenvalue weighted by Crippen LogP contribution is 2.28. The fourth-order valence-electron chi connectivity index (χ4n) is 1.99. The monoisotopic (exact) mass is 310 g/mol. The molecule has 0 saturated heterocycles. The van der Waals surface area contributed by atoms with E-state index in [0.717, 1.165) is 28.9 Å². The first-order valence-electron chi connectivity index (χ1n) is 6.38. The summed E-state index contributed by atoms with van der Waals surface area (Å²) in [5, 5.41) is 3.42. The third-order valence-corrected chi connectivity index (χ3v) is 4.08. The van der Waals surface area contributed by atoms with Crippen molar-refractivity contribution in [1.29, 1.82) is 0 Å². The molecular formula is C15H19ClN2OS. The highest BCUT2D eigenvalue weighted by molar-refractivity contribution is 7.16. The second-order valence-corrected chi connectivity index (χ2v) is 6.63. The quantitative estimate of drug-likeness (QED) is 0.870. The van der Waals surface area contributed by atoms with E-state index in [0.29, 0.717) is 0 Å². The number of nitrogens with one attached hydrogen (secondary N) is 1. The van der Waals surface area contributed by atoms with Crippen molar-refractivity contribution < 1.29 is 4.74 Å². The van der Waals surface area contributed by atoms with E-state index in [4.69, 9.17) is 16.3 Å². The number of hydrogen-bond donors (Lipinski definition) is 1. The van der Waals surface area contributed by atoms with E-state index >= 15 is 0 Å². The van der Waals surface area contributed by atoms with E-state index in [1.807, 2.05) is 18.2 Å². The van der Waals surface area contributed by atoms with Crippen LogP contribution in [-0.2, 0) is 13.1 Å². The lowest BCUT2D eigenvalue weighted by Gasteiger charge is -2.14. The summed E-state index contributed by atoms with van der Waals surface area (Å²) in [5.41, 5.74) is 2.26. The molecule has 0 radical (unpaired) electrons. The third kappa shape index (κ3) is 4.13. The predicted octanol–water partition coefficient (Wildman–Crippen LogP) is 4.08. The van der Waals surface area contributed by atoms with Gasteiger partial charge < -0.3 is 15.0 Å². The van der Waals surface area contributed by atoms with Gasteiger partial charge >= 0.3 is 0 Å². The Hall–Kier alpha value is -1.23. The summed E-state index contributed by atoms with van der Waals surface area (Å²) in [4.78, 5) is 3.35. The summed E-state index contributed by atoms with van der Waals surface area (Å²) < 4.78 is 6.22. The number of ether oxygens (including phenoxy) is 1. The number of hydrogen-bond acceptors (Lipinski definition) is 4. The van der Waals surface area contributed by atoms with Gasteiger partial charge in [0.2, 0.25) is 0 Å². The van der Waals surface area contributed by atoms with Crippen molar-refractivity contribution in [2.45, 2.75) is 13.1 Å². The van der Waals surface area contributed by atoms with Crippen LogP contribution in [0.2, 0.25) is 4.34 Å². The van der Waals surface area contributed by atoms with Crippen LogP contribution in [0.25, 0.3) is 0 Å². The molecule has 0 amide bonds. The van der Waals surface area contributed by atoms with Gasteiger partial charge in [-0.15, -0.1) is 11.3 Å². The summed E-state index contributed by atoms with van der Waals surface area (Å²) in [6.45, 7) is 1.66. The van der Waals surface area contributed by atoms with E-state index in [1.165, 1.54) is 10.4 Å². The van der Waals surface area contributed by atoms with Crippen LogP contribution >= 0.6 is 22.9 Å². The molecule has 0 spiro atoms. The van der Waals surface area contributed by atoms with Gasteiger partial charge in [0.15, 0.2) is 0 Å². The summed E-state index contributed by atoms with van der Waals surface area (Å²) in [7, 11) is 5.81. The standard InChI is InChI=1S/C15H19ClN2OS/c1-18(2)10-11-4-6-14(19-3)13(8-11)17-9-12-5-7-15(16)20-12/h4-8,17H,9-10H2,1-3H3. The summed E-state index contributed by atoms with van der Waals surface area (Å²) in [5.74, 6) is 0.857. The first kappa shape index (κ1) is 15.2. The van der Waals surface area contributed by atoms with Crippen LogP contribution in [0.15, 0.2) is 30.3 Å². The molecule has 1 aromatic heterocycles. The van der Waals surface area contributed by atoms with Gasteiger partial charge in [-0.2, -0.15) is 0 Å². The molecule has 5 heteroatoms. The van der Waals surface area contributed by atoms with Gasteiger partial charge in [-0.05, 0) is 43.9 Å². The number of thiophene rings is 1. The van der Waals surface area contributed by atoms with Crippen LogP contribution in [0.4, 0.5) is 5.69 Å². The average Bonchev–Trinajstić information content (AvgIpc) is 2.82. The molecule has 0 fully saturated rings. The van der Waals surface area contributed by atoms with Crippen molar-refractivity contribution in [3.63, 3.8) is 0 Å². The van der Waals surface area contributed by atoms with Gasteiger partial charge in [0.25, 0.3) is 0 Å². The fourth-order valence-corrected chi connectivity index (χ4v) is 3.01. The molecule has 1 heterocycles. The van der Waals surface area contributed by atoms with Crippen LogP contribution < -0.4 is 10.1 Å². The zero-order chi connectivity index (χ0) is 14.5. The van der Waals surface area contributed by atoms with Crippen molar-refractivity contribution in [3.05, 3.63) is 45.1 Å². The molecule has 1 N–H and O–H groups in total. The maximum atomic E-state index is 5.94. The average molecular weight is 311 g/mol. The van der Waals surface area contributed by atoms with Crippen molar-refractivity contribution >= 4 is 28.6 Å². The van der Waals surface area contributed by atoms with E-state index in [1.54, 1.807) is 18.4 Å². The van der Waals surface area contributed by atoms with Gasteiger partial charge in [0.1, 0.15) is 5.75 Å². The largest absolute Gasteiger partial charge is 0.495 e. The molecule has 0 bridgehead atoms. The second-order valence-electron chi connectivity index (χ2n) is 4.83. The summed E-state index contributed by atoms with van der Waals surface area (Å²) in [6, 6.07) is 10.2. The first-order valence-corrected chi connectivity index (χ1v) is 7.57. The van der Waals surface area contributed by atoms with Gasteiger partial charge in [0, 0.05) is 18.0 Å². The summed E-state index contributed by atoms with van der Waals surface area (Å²) in [6.07, 6.45) is 0. The maximum Gasteiger partial charge on any atom is 0.141 e. The Bertz CT molecular complexity index is 569. The number of rotatable bonds is 6. The Morgan fingerprint density at radius 3 is 2.65 bits per heavy atom. The number of benzene rings is 1. The Balaban J connectivity index is 2.11. The highest BCUT2D eigenvalue weighted by atomic mass is 35.5. The molecule has 3 nitrogen and oxygen atoms in total. The van der Waals surface area contributed by atoms with Gasteiger partial charge in [-0.1, -0.05) is 17.7 Å². The van der Waals surface area contributed by atoms with Crippen molar-refractivity contribution in [2.24, 2.45) is 0 Å². The lowest BCUT2D eigenvalue weighted by Crippen LogP contribution is -2.11. The van der Waals surface area contributed by atoms with E-state index in [2.05, 4.69) is 36.4 Å². The maximum absolute atomic E-state index is 5.94. The molecule has 20 heavy (non-hydrogen) atoms. The second kappa shape index (κ2) is 6.97. The van der Waals surface area contributed by atoms with Crippen LogP contribution in [0.1, 0.15) is 10.4 Å². The highest BCUT2D eigenvalue weighted by Gasteiger charge is 2.06. The van der Waals surface area contributed by atoms with E-state index < -0.39 is 0 Å². The van der Waals surface area contributed by atoms with Gasteiger partial charge in [-0.3, -0.25) is 0 Å². The van der Waals surface area contributed by atoms with Crippen LogP contribution in [-0.4, -0.2) is 26.1 Å². The molecule has 0 saturated carbocycles. The lowest BCUT2D eigenvalue weighted by molar-refractivity contribution is 0.400. The van der Waals surface area contributed by atoms with Crippen LogP contribution in [0, 0.1) is 0 Å². The van der Waals surface area contributed by atoms with Crippen LogP contribution in [0.3, 0.4) is 0 Å². The minimum Gasteiger partial charge on any atom is -0.495 e. The molecule has 2 aromatic rings.